The van der Waals surface area contributed by atoms with E-state index >= 15 is 0 Å². The third-order valence-electron chi connectivity index (χ3n) is 6.56. The van der Waals surface area contributed by atoms with Crippen LogP contribution in [0.15, 0.2) is 58.1 Å². The standard InChI is InChI=1S/C27H32N4O4/c1-3-19(2)31-17-22(25(32)23(18-31)27(34)30-13-9-4-5-10-14-30)26(33)28-16-21-15-24(35-29-21)20-11-7-6-8-12-20/h6-8,11-12,15,17-19H,3-5,9-10,13-14,16H2,1-2H3,(H,28,33)/t19-/m1/s1. The zero-order valence-corrected chi connectivity index (χ0v) is 20.3. The van der Waals surface area contributed by atoms with Gasteiger partial charge in [0, 0.05) is 43.2 Å². The molecule has 0 spiro atoms. The molecule has 0 unspecified atom stereocenters. The number of carbonyl (C=O) groups is 2. The highest BCUT2D eigenvalue weighted by molar-refractivity contribution is 5.99. The zero-order valence-electron chi connectivity index (χ0n) is 20.3. The Kier molecular flexibility index (Phi) is 7.80. The van der Waals surface area contributed by atoms with Gasteiger partial charge in [0.1, 0.15) is 16.8 Å². The number of aromatic nitrogens is 2. The fourth-order valence-corrected chi connectivity index (χ4v) is 4.22. The number of hydrogen-bond acceptors (Lipinski definition) is 5. The lowest BCUT2D eigenvalue weighted by atomic mass is 10.1. The summed E-state index contributed by atoms with van der Waals surface area (Å²) >= 11 is 0. The number of likely N-dealkylation sites (tertiary alicyclic amines) is 1. The number of amides is 2. The summed E-state index contributed by atoms with van der Waals surface area (Å²) in [5.41, 5.74) is 0.886. The lowest BCUT2D eigenvalue weighted by Gasteiger charge is -2.22. The molecule has 3 heterocycles. The minimum atomic E-state index is -0.540. The van der Waals surface area contributed by atoms with Crippen LogP contribution in [0.2, 0.25) is 0 Å². The van der Waals surface area contributed by atoms with E-state index in [1.807, 2.05) is 44.2 Å². The molecule has 0 saturated carbocycles. The van der Waals surface area contributed by atoms with Crippen molar-refractivity contribution in [3.63, 3.8) is 0 Å². The molecule has 35 heavy (non-hydrogen) atoms. The van der Waals surface area contributed by atoms with Gasteiger partial charge in [-0.1, -0.05) is 55.3 Å². The Morgan fingerprint density at radius 3 is 2.43 bits per heavy atom. The van der Waals surface area contributed by atoms with Crippen LogP contribution >= 0.6 is 0 Å². The second-order valence-corrected chi connectivity index (χ2v) is 9.06. The van der Waals surface area contributed by atoms with Crippen LogP contribution in [0.25, 0.3) is 11.3 Å². The first kappa shape index (κ1) is 24.4. The van der Waals surface area contributed by atoms with Gasteiger partial charge in [-0.05, 0) is 26.2 Å². The van der Waals surface area contributed by atoms with E-state index < -0.39 is 11.3 Å². The molecular weight excluding hydrogens is 444 g/mol. The summed E-state index contributed by atoms with van der Waals surface area (Å²) in [4.78, 5) is 41.4. The molecule has 0 radical (unpaired) electrons. The van der Waals surface area contributed by atoms with Crippen LogP contribution < -0.4 is 10.7 Å². The fraction of sp³-hybridized carbons (Fsp3) is 0.407. The Hall–Kier alpha value is -3.68. The van der Waals surface area contributed by atoms with Crippen molar-refractivity contribution in [2.75, 3.05) is 13.1 Å². The molecule has 1 aliphatic rings. The smallest absolute Gasteiger partial charge is 0.259 e. The molecule has 2 aromatic heterocycles. The summed E-state index contributed by atoms with van der Waals surface area (Å²) in [6, 6.07) is 11.3. The van der Waals surface area contributed by atoms with Crippen molar-refractivity contribution < 1.29 is 14.1 Å². The molecule has 1 atom stereocenters. The van der Waals surface area contributed by atoms with Crippen LogP contribution in [0, 0.1) is 0 Å². The van der Waals surface area contributed by atoms with Crippen LogP contribution in [-0.2, 0) is 6.54 Å². The van der Waals surface area contributed by atoms with Crippen molar-refractivity contribution >= 4 is 11.8 Å². The van der Waals surface area contributed by atoms with Crippen LogP contribution in [0.5, 0.6) is 0 Å². The van der Waals surface area contributed by atoms with E-state index in [-0.39, 0.29) is 29.6 Å². The first-order valence-corrected chi connectivity index (χ1v) is 12.3. The monoisotopic (exact) mass is 476 g/mol. The predicted octanol–water partition coefficient (Wildman–Crippen LogP) is 4.42. The van der Waals surface area contributed by atoms with Crippen molar-refractivity contribution in [3.8, 4) is 11.3 Å². The molecule has 2 amide bonds. The van der Waals surface area contributed by atoms with Gasteiger partial charge in [-0.2, -0.15) is 0 Å². The average molecular weight is 477 g/mol. The van der Waals surface area contributed by atoms with Gasteiger partial charge >= 0.3 is 0 Å². The topological polar surface area (TPSA) is 97.4 Å². The van der Waals surface area contributed by atoms with Gasteiger partial charge in [0.05, 0.1) is 6.54 Å². The summed E-state index contributed by atoms with van der Waals surface area (Å²) in [6.45, 7) is 5.38. The maximum atomic E-state index is 13.3. The van der Waals surface area contributed by atoms with E-state index in [1.54, 1.807) is 27.9 Å². The second kappa shape index (κ2) is 11.2. The molecule has 1 aliphatic heterocycles. The SMILES string of the molecule is CC[C@@H](C)n1cc(C(=O)NCc2cc(-c3ccccc3)on2)c(=O)c(C(=O)N2CCCCCC2)c1. The Morgan fingerprint density at radius 2 is 1.74 bits per heavy atom. The number of pyridine rings is 1. The lowest BCUT2D eigenvalue weighted by molar-refractivity contribution is 0.0759. The Balaban J connectivity index is 1.56. The largest absolute Gasteiger partial charge is 0.356 e. The van der Waals surface area contributed by atoms with Crippen LogP contribution in [0.3, 0.4) is 0 Å². The molecule has 8 heteroatoms. The van der Waals surface area contributed by atoms with Crippen molar-refractivity contribution in [2.24, 2.45) is 0 Å². The molecule has 4 rings (SSSR count). The van der Waals surface area contributed by atoms with Gasteiger partial charge in [-0.25, -0.2) is 0 Å². The maximum absolute atomic E-state index is 13.3. The second-order valence-electron chi connectivity index (χ2n) is 9.06. The highest BCUT2D eigenvalue weighted by Crippen LogP contribution is 2.20. The Morgan fingerprint density at radius 1 is 1.06 bits per heavy atom. The number of benzene rings is 1. The van der Waals surface area contributed by atoms with E-state index in [2.05, 4.69) is 10.5 Å². The molecule has 0 bridgehead atoms. The van der Waals surface area contributed by atoms with Crippen LogP contribution in [0.4, 0.5) is 0 Å². The normalized spacial score (nSPS) is 14.9. The van der Waals surface area contributed by atoms with Crippen molar-refractivity contribution in [3.05, 3.63) is 75.8 Å². The fourth-order valence-electron chi connectivity index (χ4n) is 4.22. The lowest BCUT2D eigenvalue weighted by Crippen LogP contribution is -2.38. The summed E-state index contributed by atoms with van der Waals surface area (Å²) in [5.74, 6) is -0.242. The number of nitrogens with one attached hydrogen (secondary N) is 1. The van der Waals surface area contributed by atoms with Crippen molar-refractivity contribution in [1.82, 2.24) is 19.9 Å². The van der Waals surface area contributed by atoms with E-state index in [1.165, 1.54) is 0 Å². The summed E-state index contributed by atoms with van der Waals surface area (Å²) < 4.78 is 7.18. The highest BCUT2D eigenvalue weighted by atomic mass is 16.5. The van der Waals surface area contributed by atoms with Crippen LogP contribution in [0.1, 0.15) is 78.4 Å². The van der Waals surface area contributed by atoms with Gasteiger partial charge in [-0.15, -0.1) is 0 Å². The zero-order chi connectivity index (χ0) is 24.8. The average Bonchev–Trinajstić information content (AvgIpc) is 3.20. The predicted molar refractivity (Wildman–Crippen MR) is 133 cm³/mol. The molecular formula is C27H32N4O4. The highest BCUT2D eigenvalue weighted by Gasteiger charge is 2.25. The van der Waals surface area contributed by atoms with Gasteiger partial charge in [-0.3, -0.25) is 14.4 Å². The molecule has 3 aromatic rings. The van der Waals surface area contributed by atoms with Crippen molar-refractivity contribution in [1.29, 1.82) is 0 Å². The molecule has 8 nitrogen and oxygen atoms in total. The summed E-state index contributed by atoms with van der Waals surface area (Å²) in [7, 11) is 0. The van der Waals surface area contributed by atoms with E-state index in [0.29, 0.717) is 24.5 Å². The summed E-state index contributed by atoms with van der Waals surface area (Å²) in [5, 5.41) is 6.78. The van der Waals surface area contributed by atoms with Crippen LogP contribution in [-0.4, -0.2) is 39.5 Å². The van der Waals surface area contributed by atoms with Gasteiger partial charge < -0.3 is 19.3 Å². The number of hydrogen-bond donors (Lipinski definition) is 1. The van der Waals surface area contributed by atoms with Gasteiger partial charge in [0.2, 0.25) is 5.43 Å². The van der Waals surface area contributed by atoms with E-state index in [0.717, 1.165) is 37.7 Å². The first-order valence-electron chi connectivity index (χ1n) is 12.3. The molecule has 0 aliphatic carbocycles. The van der Waals surface area contributed by atoms with Gasteiger partial charge in [0.15, 0.2) is 5.76 Å². The Bertz CT molecular complexity index is 1220. The molecule has 1 saturated heterocycles. The van der Waals surface area contributed by atoms with Crippen molar-refractivity contribution in [2.45, 2.75) is 58.5 Å². The number of rotatable bonds is 7. The first-order chi connectivity index (χ1) is 17.0. The van der Waals surface area contributed by atoms with Gasteiger partial charge in [0.25, 0.3) is 11.8 Å². The quantitative estimate of drug-likeness (QED) is 0.544. The Labute approximate surface area is 204 Å². The minimum Gasteiger partial charge on any atom is -0.356 e. The molecule has 1 fully saturated rings. The maximum Gasteiger partial charge on any atom is 0.259 e. The molecule has 1 N–H and O–H groups in total. The third-order valence-corrected chi connectivity index (χ3v) is 6.56. The minimum absolute atomic E-state index is 0.0294. The number of carbonyl (C=O) groups excluding carboxylic acids is 2. The third kappa shape index (κ3) is 5.70. The van der Waals surface area contributed by atoms with E-state index in [4.69, 9.17) is 4.52 Å². The molecule has 184 valence electrons. The number of nitrogens with zero attached hydrogens (tertiary/aromatic N) is 3. The van der Waals surface area contributed by atoms with E-state index in [9.17, 15) is 14.4 Å². The summed E-state index contributed by atoms with van der Waals surface area (Å²) in [6.07, 6.45) is 7.95. The molecule has 1 aromatic carbocycles.